The second kappa shape index (κ2) is 5.20. The van der Waals surface area contributed by atoms with Gasteiger partial charge in [0, 0.05) is 5.69 Å². The number of amides is 1. The maximum absolute atomic E-state index is 13.4. The number of carbonyl (C=O) groups excluding carboxylic acids is 1. The number of nitrogen functional groups attached to an aromatic ring is 1. The maximum atomic E-state index is 13.4. The van der Waals surface area contributed by atoms with Crippen molar-refractivity contribution in [3.8, 4) is 0 Å². The molecule has 2 rings (SSSR count). The molecule has 0 radical (unpaired) electrons. The molecule has 0 fully saturated rings. The van der Waals surface area contributed by atoms with E-state index in [-0.39, 0.29) is 11.3 Å². The van der Waals surface area contributed by atoms with Crippen LogP contribution < -0.4 is 11.1 Å². The lowest BCUT2D eigenvalue weighted by Crippen LogP contribution is -2.16. The van der Waals surface area contributed by atoms with Crippen molar-refractivity contribution >= 4 is 17.3 Å². The van der Waals surface area contributed by atoms with Gasteiger partial charge in [-0.1, -0.05) is 0 Å². The fourth-order valence-electron chi connectivity index (χ4n) is 1.54. The van der Waals surface area contributed by atoms with Gasteiger partial charge in [0.1, 0.15) is 5.82 Å². The zero-order valence-corrected chi connectivity index (χ0v) is 9.88. The first-order valence-electron chi connectivity index (χ1n) is 5.40. The molecule has 0 bridgehead atoms. The average molecular weight is 284 g/mol. The number of hydrogen-bond donors (Lipinski definition) is 2. The van der Waals surface area contributed by atoms with E-state index in [4.69, 9.17) is 5.73 Å². The molecule has 0 unspecified atom stereocenters. The molecule has 0 heterocycles. The van der Waals surface area contributed by atoms with Gasteiger partial charge in [-0.15, -0.1) is 0 Å². The van der Waals surface area contributed by atoms with E-state index >= 15 is 0 Å². The first kappa shape index (κ1) is 13.9. The molecule has 1 amide bonds. The van der Waals surface area contributed by atoms with Crippen molar-refractivity contribution in [2.45, 2.75) is 0 Å². The molecule has 3 nitrogen and oxygen atoms in total. The van der Waals surface area contributed by atoms with Gasteiger partial charge in [-0.2, -0.15) is 0 Å². The van der Waals surface area contributed by atoms with Gasteiger partial charge in [0.2, 0.25) is 0 Å². The maximum Gasteiger partial charge on any atom is 0.257 e. The Bertz CT molecular complexity index is 688. The molecule has 3 N–H and O–H groups in total. The topological polar surface area (TPSA) is 55.1 Å². The van der Waals surface area contributed by atoms with E-state index < -0.39 is 34.9 Å². The van der Waals surface area contributed by atoms with Crippen LogP contribution in [-0.4, -0.2) is 5.91 Å². The Morgan fingerprint density at radius 2 is 1.70 bits per heavy atom. The minimum atomic E-state index is -1.71. The molecule has 0 aliphatic rings. The SMILES string of the molecule is Nc1ccc(F)cc1C(=O)Nc1ccc(F)c(F)c1F. The molecule has 20 heavy (non-hydrogen) atoms. The predicted octanol–water partition coefficient (Wildman–Crippen LogP) is 3.08. The normalized spacial score (nSPS) is 10.4. The van der Waals surface area contributed by atoms with Crippen molar-refractivity contribution in [2.75, 3.05) is 11.1 Å². The molecular weight excluding hydrogens is 276 g/mol. The van der Waals surface area contributed by atoms with Crippen LogP contribution in [0.5, 0.6) is 0 Å². The van der Waals surface area contributed by atoms with E-state index in [1.807, 2.05) is 5.32 Å². The zero-order valence-electron chi connectivity index (χ0n) is 9.88. The minimum absolute atomic E-state index is 0.0353. The van der Waals surface area contributed by atoms with Crippen molar-refractivity contribution in [2.24, 2.45) is 0 Å². The van der Waals surface area contributed by atoms with Gasteiger partial charge in [0.05, 0.1) is 11.3 Å². The summed E-state index contributed by atoms with van der Waals surface area (Å²) < 4.78 is 52.1. The summed E-state index contributed by atoms with van der Waals surface area (Å²) in [5, 5.41) is 2.00. The number of nitrogens with one attached hydrogen (secondary N) is 1. The monoisotopic (exact) mass is 284 g/mol. The molecule has 104 valence electrons. The molecule has 0 aliphatic carbocycles. The second-order valence-electron chi connectivity index (χ2n) is 3.91. The van der Waals surface area contributed by atoms with Crippen molar-refractivity contribution in [1.29, 1.82) is 0 Å². The van der Waals surface area contributed by atoms with Crippen molar-refractivity contribution in [3.05, 3.63) is 59.2 Å². The third-order valence-corrected chi connectivity index (χ3v) is 2.54. The van der Waals surface area contributed by atoms with Crippen LogP contribution in [0, 0.1) is 23.3 Å². The quantitative estimate of drug-likeness (QED) is 0.506. The Kier molecular flexibility index (Phi) is 3.60. The summed E-state index contributed by atoms with van der Waals surface area (Å²) in [6, 6.07) is 4.56. The Morgan fingerprint density at radius 1 is 1.00 bits per heavy atom. The zero-order chi connectivity index (χ0) is 14.9. The van der Waals surface area contributed by atoms with Crippen LogP contribution in [0.25, 0.3) is 0 Å². The Balaban J connectivity index is 2.33. The highest BCUT2D eigenvalue weighted by atomic mass is 19.2. The summed E-state index contributed by atoms with van der Waals surface area (Å²) in [5.41, 5.74) is 4.63. The molecule has 0 atom stereocenters. The molecule has 0 aromatic heterocycles. The summed E-state index contributed by atoms with van der Waals surface area (Å²) in [6.45, 7) is 0. The first-order chi connectivity index (χ1) is 9.40. The lowest BCUT2D eigenvalue weighted by molar-refractivity contribution is 0.102. The van der Waals surface area contributed by atoms with Crippen LogP contribution in [0.2, 0.25) is 0 Å². The number of carbonyl (C=O) groups is 1. The Morgan fingerprint density at radius 3 is 2.40 bits per heavy atom. The van der Waals surface area contributed by atoms with Gasteiger partial charge in [-0.3, -0.25) is 4.79 Å². The van der Waals surface area contributed by atoms with E-state index in [0.29, 0.717) is 6.07 Å². The highest BCUT2D eigenvalue weighted by Crippen LogP contribution is 2.21. The number of nitrogens with two attached hydrogens (primary N) is 1. The van der Waals surface area contributed by atoms with Gasteiger partial charge in [0.15, 0.2) is 17.5 Å². The number of benzene rings is 2. The molecule has 0 saturated heterocycles. The van der Waals surface area contributed by atoms with Gasteiger partial charge in [-0.25, -0.2) is 17.6 Å². The van der Waals surface area contributed by atoms with E-state index in [1.165, 1.54) is 0 Å². The van der Waals surface area contributed by atoms with E-state index in [2.05, 4.69) is 0 Å². The van der Waals surface area contributed by atoms with Crippen LogP contribution in [0.1, 0.15) is 10.4 Å². The third-order valence-electron chi connectivity index (χ3n) is 2.54. The summed E-state index contributed by atoms with van der Waals surface area (Å²) in [5.74, 6) is -6.30. The van der Waals surface area contributed by atoms with Gasteiger partial charge in [0.25, 0.3) is 5.91 Å². The summed E-state index contributed by atoms with van der Waals surface area (Å²) in [7, 11) is 0. The standard InChI is InChI=1S/C13H8F4N2O/c14-6-1-3-9(18)7(5-6)13(20)19-10-4-2-8(15)11(16)12(10)17/h1-5H,18H2,(H,19,20). The molecule has 2 aromatic carbocycles. The third kappa shape index (κ3) is 2.56. The Hall–Kier alpha value is -2.57. The molecule has 2 aromatic rings. The minimum Gasteiger partial charge on any atom is -0.398 e. The lowest BCUT2D eigenvalue weighted by atomic mass is 10.1. The first-order valence-corrected chi connectivity index (χ1v) is 5.40. The number of halogens is 4. The van der Waals surface area contributed by atoms with Crippen molar-refractivity contribution in [1.82, 2.24) is 0 Å². The van der Waals surface area contributed by atoms with Crippen LogP contribution in [-0.2, 0) is 0 Å². The van der Waals surface area contributed by atoms with Crippen LogP contribution in [0.3, 0.4) is 0 Å². The van der Waals surface area contributed by atoms with Gasteiger partial charge >= 0.3 is 0 Å². The predicted molar refractivity (Wildman–Crippen MR) is 65.1 cm³/mol. The smallest absolute Gasteiger partial charge is 0.257 e. The lowest BCUT2D eigenvalue weighted by Gasteiger charge is -2.09. The Labute approximate surface area is 111 Å². The van der Waals surface area contributed by atoms with E-state index in [9.17, 15) is 22.4 Å². The molecule has 7 heteroatoms. The summed E-state index contributed by atoms with van der Waals surface area (Å²) >= 11 is 0. The fourth-order valence-corrected chi connectivity index (χ4v) is 1.54. The number of rotatable bonds is 2. The van der Waals surface area contributed by atoms with Crippen molar-refractivity contribution < 1.29 is 22.4 Å². The van der Waals surface area contributed by atoms with Crippen LogP contribution >= 0.6 is 0 Å². The van der Waals surface area contributed by atoms with Crippen molar-refractivity contribution in [3.63, 3.8) is 0 Å². The molecule has 0 spiro atoms. The second-order valence-corrected chi connectivity index (χ2v) is 3.91. The van der Waals surface area contributed by atoms with Crippen LogP contribution in [0.15, 0.2) is 30.3 Å². The van der Waals surface area contributed by atoms with Crippen LogP contribution in [0.4, 0.5) is 28.9 Å². The van der Waals surface area contributed by atoms with E-state index in [1.54, 1.807) is 0 Å². The van der Waals surface area contributed by atoms with Gasteiger partial charge < -0.3 is 11.1 Å². The molecule has 0 saturated carbocycles. The summed E-state index contributed by atoms with van der Waals surface area (Å²) in [6.07, 6.45) is 0. The largest absolute Gasteiger partial charge is 0.398 e. The highest BCUT2D eigenvalue weighted by molar-refractivity contribution is 6.07. The average Bonchev–Trinajstić information content (AvgIpc) is 2.42. The van der Waals surface area contributed by atoms with E-state index in [0.717, 1.165) is 24.3 Å². The fraction of sp³-hybridized carbons (Fsp3) is 0. The number of anilines is 2. The number of hydrogen-bond acceptors (Lipinski definition) is 2. The van der Waals surface area contributed by atoms with Gasteiger partial charge in [-0.05, 0) is 30.3 Å². The molecule has 0 aliphatic heterocycles. The molecular formula is C13H8F4N2O. The highest BCUT2D eigenvalue weighted by Gasteiger charge is 2.17. The summed E-state index contributed by atoms with van der Waals surface area (Å²) in [4.78, 5) is 11.8.